The molecule has 0 saturated heterocycles. The van der Waals surface area contributed by atoms with Gasteiger partial charge < -0.3 is 5.32 Å². The van der Waals surface area contributed by atoms with Gasteiger partial charge in [0.05, 0.1) is 5.75 Å². The molecule has 3 aromatic rings. The molecule has 27 heavy (non-hydrogen) atoms. The lowest BCUT2D eigenvalue weighted by Crippen LogP contribution is -2.27. The quantitative estimate of drug-likeness (QED) is 0.634. The Kier molecular flexibility index (Phi) is 5.25. The largest absolute Gasteiger partial charge is 0.355 e. The molecule has 0 aliphatic heterocycles. The van der Waals surface area contributed by atoms with Gasteiger partial charge in [0.25, 0.3) is 0 Å². The zero-order valence-electron chi connectivity index (χ0n) is 15.3. The minimum Gasteiger partial charge on any atom is -0.355 e. The van der Waals surface area contributed by atoms with Crippen molar-refractivity contribution in [2.24, 2.45) is 5.92 Å². The fourth-order valence-electron chi connectivity index (χ4n) is 2.83. The highest BCUT2D eigenvalue weighted by atomic mass is 32.2. The van der Waals surface area contributed by atoms with Crippen LogP contribution in [0.25, 0.3) is 17.1 Å². The molecule has 138 valence electrons. The summed E-state index contributed by atoms with van der Waals surface area (Å²) in [4.78, 5) is 12.1. The molecule has 5 nitrogen and oxygen atoms in total. The van der Waals surface area contributed by atoms with Gasteiger partial charge in [0, 0.05) is 17.8 Å². The third kappa shape index (κ3) is 4.39. The molecular formula is C21H22N4OS. The van der Waals surface area contributed by atoms with Crippen molar-refractivity contribution < 1.29 is 4.79 Å². The van der Waals surface area contributed by atoms with Crippen molar-refractivity contribution in [2.45, 2.75) is 24.9 Å². The highest BCUT2D eigenvalue weighted by Crippen LogP contribution is 2.29. The molecule has 0 bridgehead atoms. The van der Waals surface area contributed by atoms with E-state index in [0.717, 1.165) is 28.8 Å². The Hall–Kier alpha value is -2.60. The van der Waals surface area contributed by atoms with Gasteiger partial charge in [0.15, 0.2) is 11.0 Å². The van der Waals surface area contributed by atoms with Gasteiger partial charge in [-0.15, -0.1) is 10.2 Å². The summed E-state index contributed by atoms with van der Waals surface area (Å²) >= 11 is 1.42. The van der Waals surface area contributed by atoms with Crippen molar-refractivity contribution >= 4 is 17.7 Å². The first-order chi connectivity index (χ1) is 13.2. The van der Waals surface area contributed by atoms with E-state index in [1.165, 1.54) is 30.2 Å². The Morgan fingerprint density at radius 1 is 1.11 bits per heavy atom. The van der Waals surface area contributed by atoms with Crippen LogP contribution < -0.4 is 5.32 Å². The zero-order chi connectivity index (χ0) is 18.6. The van der Waals surface area contributed by atoms with Crippen LogP contribution in [0.3, 0.4) is 0 Å². The number of nitrogens with zero attached hydrogens (tertiary/aromatic N) is 3. The number of carbonyl (C=O) groups excluding carboxylic acids is 1. The lowest BCUT2D eigenvalue weighted by atomic mass is 10.2. The van der Waals surface area contributed by atoms with Crippen LogP contribution in [0.15, 0.2) is 59.8 Å². The molecule has 2 aromatic carbocycles. The Labute approximate surface area is 163 Å². The fraction of sp³-hybridized carbons (Fsp3) is 0.286. The first-order valence-electron chi connectivity index (χ1n) is 9.18. The number of amides is 1. The lowest BCUT2D eigenvalue weighted by molar-refractivity contribution is -0.118. The Morgan fingerprint density at radius 3 is 2.56 bits per heavy atom. The topological polar surface area (TPSA) is 59.8 Å². The average Bonchev–Trinajstić information content (AvgIpc) is 3.44. The molecule has 1 amide bonds. The van der Waals surface area contributed by atoms with Crippen LogP contribution in [0.1, 0.15) is 18.4 Å². The number of hydrogen-bond acceptors (Lipinski definition) is 4. The van der Waals surface area contributed by atoms with Crippen LogP contribution in [0.2, 0.25) is 0 Å². The van der Waals surface area contributed by atoms with Gasteiger partial charge in [-0.3, -0.25) is 9.36 Å². The maximum absolute atomic E-state index is 12.1. The number of rotatable bonds is 7. The molecule has 1 heterocycles. The molecule has 4 rings (SSSR count). The minimum absolute atomic E-state index is 0.0478. The summed E-state index contributed by atoms with van der Waals surface area (Å²) in [5, 5.41) is 12.5. The fourth-order valence-corrected chi connectivity index (χ4v) is 3.61. The van der Waals surface area contributed by atoms with Crippen molar-refractivity contribution in [3.8, 4) is 17.1 Å². The summed E-state index contributed by atoms with van der Waals surface area (Å²) < 4.78 is 2.02. The van der Waals surface area contributed by atoms with Gasteiger partial charge in [-0.1, -0.05) is 59.8 Å². The molecule has 1 aromatic heterocycles. The lowest BCUT2D eigenvalue weighted by Gasteiger charge is -2.11. The Bertz CT molecular complexity index is 917. The van der Waals surface area contributed by atoms with E-state index in [1.807, 2.05) is 34.9 Å². The van der Waals surface area contributed by atoms with Gasteiger partial charge in [0.1, 0.15) is 0 Å². The summed E-state index contributed by atoms with van der Waals surface area (Å²) in [7, 11) is 0. The standard InChI is InChI=1S/C21H22N4OS/c1-15-7-11-18(12-8-15)25-20(17-5-3-2-4-6-17)23-24-21(25)27-14-19(26)22-13-16-9-10-16/h2-8,11-12,16H,9-10,13-14H2,1H3,(H,22,26). The van der Waals surface area contributed by atoms with Gasteiger partial charge in [-0.2, -0.15) is 0 Å². The number of benzene rings is 2. The molecular weight excluding hydrogens is 356 g/mol. The van der Waals surface area contributed by atoms with Gasteiger partial charge >= 0.3 is 0 Å². The van der Waals surface area contributed by atoms with Crippen molar-refractivity contribution in [3.63, 3.8) is 0 Å². The number of hydrogen-bond donors (Lipinski definition) is 1. The summed E-state index contributed by atoms with van der Waals surface area (Å²) in [6.07, 6.45) is 2.46. The summed E-state index contributed by atoms with van der Waals surface area (Å²) in [6, 6.07) is 18.3. The van der Waals surface area contributed by atoms with E-state index >= 15 is 0 Å². The van der Waals surface area contributed by atoms with Crippen LogP contribution in [0.4, 0.5) is 0 Å². The van der Waals surface area contributed by atoms with Crippen molar-refractivity contribution in [2.75, 3.05) is 12.3 Å². The maximum atomic E-state index is 12.1. The molecule has 0 radical (unpaired) electrons. The van der Waals surface area contributed by atoms with Crippen LogP contribution >= 0.6 is 11.8 Å². The van der Waals surface area contributed by atoms with Crippen molar-refractivity contribution in [1.29, 1.82) is 0 Å². The van der Waals surface area contributed by atoms with E-state index in [9.17, 15) is 4.79 Å². The second kappa shape index (κ2) is 7.96. The molecule has 1 saturated carbocycles. The molecule has 1 aliphatic rings. The van der Waals surface area contributed by atoms with E-state index in [0.29, 0.717) is 11.7 Å². The maximum Gasteiger partial charge on any atom is 0.230 e. The average molecular weight is 379 g/mol. The van der Waals surface area contributed by atoms with Gasteiger partial charge in [-0.05, 0) is 37.8 Å². The molecule has 1 aliphatic carbocycles. The first kappa shape index (κ1) is 17.8. The molecule has 0 unspecified atom stereocenters. The van der Waals surface area contributed by atoms with E-state index in [2.05, 4.69) is 46.7 Å². The number of aromatic nitrogens is 3. The minimum atomic E-state index is 0.0478. The highest BCUT2D eigenvalue weighted by molar-refractivity contribution is 7.99. The van der Waals surface area contributed by atoms with Crippen LogP contribution in [0.5, 0.6) is 0 Å². The molecule has 1 fully saturated rings. The third-order valence-corrected chi connectivity index (χ3v) is 5.50. The van der Waals surface area contributed by atoms with E-state index in [4.69, 9.17) is 0 Å². The SMILES string of the molecule is Cc1ccc(-n2c(SCC(=O)NCC3CC3)nnc2-c2ccccc2)cc1. The number of aryl methyl sites for hydroxylation is 1. The molecule has 6 heteroatoms. The molecule has 1 N–H and O–H groups in total. The molecule has 0 atom stereocenters. The number of thioether (sulfide) groups is 1. The monoisotopic (exact) mass is 378 g/mol. The second-order valence-electron chi connectivity index (χ2n) is 6.88. The van der Waals surface area contributed by atoms with E-state index in [-0.39, 0.29) is 5.91 Å². The van der Waals surface area contributed by atoms with Crippen molar-refractivity contribution in [1.82, 2.24) is 20.1 Å². The predicted octanol–water partition coefficient (Wildman–Crippen LogP) is 3.86. The Morgan fingerprint density at radius 2 is 1.85 bits per heavy atom. The number of nitrogens with one attached hydrogen (secondary N) is 1. The normalized spacial score (nSPS) is 13.5. The van der Waals surface area contributed by atoms with E-state index < -0.39 is 0 Å². The van der Waals surface area contributed by atoms with E-state index in [1.54, 1.807) is 0 Å². The first-order valence-corrected chi connectivity index (χ1v) is 10.2. The highest BCUT2D eigenvalue weighted by Gasteiger charge is 2.22. The third-order valence-electron chi connectivity index (χ3n) is 4.57. The predicted molar refractivity (Wildman–Crippen MR) is 108 cm³/mol. The van der Waals surface area contributed by atoms with Crippen LogP contribution in [-0.4, -0.2) is 33.0 Å². The van der Waals surface area contributed by atoms with Gasteiger partial charge in [0.2, 0.25) is 5.91 Å². The summed E-state index contributed by atoms with van der Waals surface area (Å²) in [5.41, 5.74) is 3.18. The number of carbonyl (C=O) groups is 1. The summed E-state index contributed by atoms with van der Waals surface area (Å²) in [5.74, 6) is 1.85. The Balaban J connectivity index is 1.59. The smallest absolute Gasteiger partial charge is 0.230 e. The van der Waals surface area contributed by atoms with Crippen LogP contribution in [-0.2, 0) is 4.79 Å². The summed E-state index contributed by atoms with van der Waals surface area (Å²) in [6.45, 7) is 2.85. The zero-order valence-corrected chi connectivity index (χ0v) is 16.1. The van der Waals surface area contributed by atoms with Gasteiger partial charge in [-0.25, -0.2) is 0 Å². The van der Waals surface area contributed by atoms with Crippen molar-refractivity contribution in [3.05, 3.63) is 60.2 Å². The second-order valence-corrected chi connectivity index (χ2v) is 7.82. The van der Waals surface area contributed by atoms with Crippen LogP contribution in [0, 0.1) is 12.8 Å². The molecule has 0 spiro atoms.